The van der Waals surface area contributed by atoms with Crippen molar-refractivity contribution in [1.82, 2.24) is 4.57 Å². The van der Waals surface area contributed by atoms with Gasteiger partial charge in [-0.15, -0.1) is 0 Å². The summed E-state index contributed by atoms with van der Waals surface area (Å²) >= 11 is 0. The minimum atomic E-state index is 0.631. The molecule has 3 heteroatoms. The van der Waals surface area contributed by atoms with E-state index in [1.54, 1.807) is 0 Å². The number of hydrogen-bond acceptors (Lipinski definition) is 2. The zero-order chi connectivity index (χ0) is 32.9. The molecule has 0 N–H and O–H groups in total. The van der Waals surface area contributed by atoms with Crippen molar-refractivity contribution in [1.29, 1.82) is 10.5 Å². The van der Waals surface area contributed by atoms with Crippen molar-refractivity contribution in [2.45, 2.75) is 0 Å². The van der Waals surface area contributed by atoms with Crippen LogP contribution in [0.3, 0.4) is 0 Å². The molecule has 0 spiro atoms. The zero-order valence-corrected chi connectivity index (χ0v) is 26.4. The molecule has 0 aliphatic heterocycles. The maximum Gasteiger partial charge on any atom is 0.0998 e. The van der Waals surface area contributed by atoms with Crippen molar-refractivity contribution in [3.8, 4) is 51.2 Å². The van der Waals surface area contributed by atoms with Gasteiger partial charge in [-0.05, 0) is 97.9 Å². The standard InChI is InChI=1S/C46H27N3/c47-28-30-18-25-44-42(26-30)36-12-8-9-17-43(36)49(44)35-23-21-31(22-24-35)41-27-33(19-20-34(41)29-48)46-39-15-6-4-13-37(39)45(32-10-2-1-3-11-32)38-14-5-7-16-40(38)46/h1-27H. The molecule has 1 aromatic heterocycles. The second kappa shape index (κ2) is 11.4. The normalized spacial score (nSPS) is 11.2. The highest BCUT2D eigenvalue weighted by Gasteiger charge is 2.18. The lowest BCUT2D eigenvalue weighted by molar-refractivity contribution is 1.18. The fourth-order valence-corrected chi connectivity index (χ4v) is 7.50. The Balaban J connectivity index is 1.22. The molecule has 0 radical (unpaired) electrons. The van der Waals surface area contributed by atoms with E-state index in [0.29, 0.717) is 11.1 Å². The molecule has 0 aliphatic carbocycles. The number of nitrogens with zero attached hydrogens (tertiary/aromatic N) is 3. The van der Waals surface area contributed by atoms with Crippen LogP contribution in [0.15, 0.2) is 164 Å². The van der Waals surface area contributed by atoms with Crippen LogP contribution in [0, 0.1) is 22.7 Å². The molecule has 0 unspecified atom stereocenters. The average molecular weight is 622 g/mol. The minimum absolute atomic E-state index is 0.631. The molecule has 226 valence electrons. The quantitative estimate of drug-likeness (QED) is 0.184. The van der Waals surface area contributed by atoms with Gasteiger partial charge in [-0.2, -0.15) is 10.5 Å². The molecule has 0 amide bonds. The minimum Gasteiger partial charge on any atom is -0.309 e. The molecule has 0 saturated carbocycles. The second-order valence-corrected chi connectivity index (χ2v) is 12.3. The lowest BCUT2D eigenvalue weighted by Crippen LogP contribution is -1.95. The first-order valence-corrected chi connectivity index (χ1v) is 16.3. The number of fused-ring (bicyclic) bond motifs is 5. The Labute approximate surface area is 283 Å². The number of nitriles is 2. The number of rotatable bonds is 4. The maximum absolute atomic E-state index is 10.3. The first kappa shape index (κ1) is 28.3. The molecular weight excluding hydrogens is 595 g/mol. The molecule has 0 bridgehead atoms. The van der Waals surface area contributed by atoms with Crippen LogP contribution in [0.5, 0.6) is 0 Å². The summed E-state index contributed by atoms with van der Waals surface area (Å²) in [6.07, 6.45) is 0. The molecule has 8 aromatic carbocycles. The van der Waals surface area contributed by atoms with Gasteiger partial charge in [0.05, 0.1) is 34.3 Å². The van der Waals surface area contributed by atoms with Crippen LogP contribution in [-0.2, 0) is 0 Å². The predicted octanol–water partition coefficient (Wildman–Crippen LogP) is 11.8. The van der Waals surface area contributed by atoms with E-state index in [1.807, 2.05) is 36.4 Å². The van der Waals surface area contributed by atoms with Crippen LogP contribution in [0.2, 0.25) is 0 Å². The highest BCUT2D eigenvalue weighted by molar-refractivity contribution is 6.21. The fourth-order valence-electron chi connectivity index (χ4n) is 7.50. The molecule has 3 nitrogen and oxygen atoms in total. The summed E-state index contributed by atoms with van der Waals surface area (Å²) in [6.45, 7) is 0. The Morgan fingerprint density at radius 1 is 0.388 bits per heavy atom. The van der Waals surface area contributed by atoms with Gasteiger partial charge in [0.2, 0.25) is 0 Å². The molecule has 49 heavy (non-hydrogen) atoms. The van der Waals surface area contributed by atoms with E-state index in [2.05, 4.69) is 144 Å². The van der Waals surface area contributed by atoms with Crippen molar-refractivity contribution < 1.29 is 0 Å². The van der Waals surface area contributed by atoms with Crippen LogP contribution in [0.1, 0.15) is 11.1 Å². The van der Waals surface area contributed by atoms with Crippen molar-refractivity contribution in [2.24, 2.45) is 0 Å². The van der Waals surface area contributed by atoms with Crippen molar-refractivity contribution in [3.05, 3.63) is 175 Å². The summed E-state index contributed by atoms with van der Waals surface area (Å²) in [5.41, 5.74) is 10.9. The largest absolute Gasteiger partial charge is 0.309 e. The highest BCUT2D eigenvalue weighted by Crippen LogP contribution is 2.44. The maximum atomic E-state index is 10.3. The van der Waals surface area contributed by atoms with E-state index < -0.39 is 0 Å². The van der Waals surface area contributed by atoms with Crippen LogP contribution < -0.4 is 0 Å². The van der Waals surface area contributed by atoms with Crippen molar-refractivity contribution in [2.75, 3.05) is 0 Å². The average Bonchev–Trinajstić information content (AvgIpc) is 3.50. The smallest absolute Gasteiger partial charge is 0.0998 e. The molecule has 9 rings (SSSR count). The first-order chi connectivity index (χ1) is 24.2. The molecule has 9 aromatic rings. The van der Waals surface area contributed by atoms with E-state index in [-0.39, 0.29) is 0 Å². The Morgan fingerprint density at radius 2 is 0.939 bits per heavy atom. The second-order valence-electron chi connectivity index (χ2n) is 12.3. The van der Waals surface area contributed by atoms with Gasteiger partial charge in [0.25, 0.3) is 0 Å². The summed E-state index contributed by atoms with van der Waals surface area (Å²) in [4.78, 5) is 0. The molecule has 0 saturated heterocycles. The fraction of sp³-hybridized carbons (Fsp3) is 0. The Kier molecular flexibility index (Phi) is 6.58. The van der Waals surface area contributed by atoms with E-state index in [1.165, 1.54) is 32.7 Å². The summed E-state index contributed by atoms with van der Waals surface area (Å²) < 4.78 is 2.24. The molecule has 0 aliphatic rings. The highest BCUT2D eigenvalue weighted by atomic mass is 15.0. The molecule has 1 heterocycles. The summed E-state index contributed by atoms with van der Waals surface area (Å²) in [7, 11) is 0. The van der Waals surface area contributed by atoms with Gasteiger partial charge < -0.3 is 4.57 Å². The van der Waals surface area contributed by atoms with Crippen molar-refractivity contribution in [3.63, 3.8) is 0 Å². The Bertz CT molecular complexity index is 2770. The first-order valence-electron chi connectivity index (χ1n) is 16.3. The SMILES string of the molecule is N#Cc1ccc2c(c1)c1ccccc1n2-c1ccc(-c2cc(-c3c4ccccc4c(-c4ccccc4)c4ccccc34)ccc2C#N)cc1. The third-order valence-electron chi connectivity index (χ3n) is 9.66. The lowest BCUT2D eigenvalue weighted by Gasteiger charge is -2.18. The van der Waals surface area contributed by atoms with Crippen LogP contribution >= 0.6 is 0 Å². The third kappa shape index (κ3) is 4.49. The lowest BCUT2D eigenvalue weighted by atomic mass is 9.85. The van der Waals surface area contributed by atoms with Crippen LogP contribution in [0.25, 0.3) is 82.4 Å². The Hall–Kier alpha value is -6.94. The van der Waals surface area contributed by atoms with Crippen LogP contribution in [-0.4, -0.2) is 4.57 Å². The van der Waals surface area contributed by atoms with E-state index in [9.17, 15) is 10.5 Å². The van der Waals surface area contributed by atoms with Gasteiger partial charge in [0, 0.05) is 22.0 Å². The van der Waals surface area contributed by atoms with Crippen LogP contribution in [0.4, 0.5) is 0 Å². The van der Waals surface area contributed by atoms with Gasteiger partial charge >= 0.3 is 0 Å². The van der Waals surface area contributed by atoms with E-state index in [0.717, 1.165) is 49.7 Å². The van der Waals surface area contributed by atoms with Gasteiger partial charge in [0.15, 0.2) is 0 Å². The zero-order valence-electron chi connectivity index (χ0n) is 26.4. The summed E-state index contributed by atoms with van der Waals surface area (Å²) in [6, 6.07) is 61.4. The van der Waals surface area contributed by atoms with Gasteiger partial charge in [-0.1, -0.05) is 115 Å². The molecular formula is C46H27N3. The summed E-state index contributed by atoms with van der Waals surface area (Å²) in [5.74, 6) is 0. The van der Waals surface area contributed by atoms with Gasteiger partial charge in [-0.25, -0.2) is 0 Å². The summed E-state index contributed by atoms with van der Waals surface area (Å²) in [5, 5.41) is 26.7. The number of aromatic nitrogens is 1. The predicted molar refractivity (Wildman–Crippen MR) is 202 cm³/mol. The van der Waals surface area contributed by atoms with E-state index >= 15 is 0 Å². The monoisotopic (exact) mass is 621 g/mol. The third-order valence-corrected chi connectivity index (χ3v) is 9.66. The number of benzene rings is 8. The molecule has 0 fully saturated rings. The number of para-hydroxylation sites is 1. The van der Waals surface area contributed by atoms with Crippen molar-refractivity contribution >= 4 is 43.4 Å². The van der Waals surface area contributed by atoms with Gasteiger partial charge in [0.1, 0.15) is 0 Å². The Morgan fingerprint density at radius 3 is 1.57 bits per heavy atom. The van der Waals surface area contributed by atoms with Gasteiger partial charge in [-0.3, -0.25) is 0 Å². The van der Waals surface area contributed by atoms with E-state index in [4.69, 9.17) is 0 Å². The topological polar surface area (TPSA) is 52.5 Å². The molecule has 0 atom stereocenters. The number of hydrogen-bond donors (Lipinski definition) is 0.